The fraction of sp³-hybridized carbons (Fsp3) is 0.158. The Bertz CT molecular complexity index is 925. The molecule has 6 nitrogen and oxygen atoms in total. The van der Waals surface area contributed by atoms with Crippen molar-refractivity contribution in [1.82, 2.24) is 10.2 Å². The van der Waals surface area contributed by atoms with E-state index in [2.05, 4.69) is 15.5 Å². The number of anilines is 1. The minimum atomic E-state index is -0.444. The number of rotatable bonds is 6. The molecule has 132 valence electrons. The molecule has 3 rings (SSSR count). The third kappa shape index (κ3) is 4.37. The number of amides is 1. The van der Waals surface area contributed by atoms with Crippen molar-refractivity contribution in [3.63, 3.8) is 0 Å². The summed E-state index contributed by atoms with van der Waals surface area (Å²) >= 11 is 1.18. The van der Waals surface area contributed by atoms with Crippen molar-refractivity contribution >= 4 is 29.1 Å². The van der Waals surface area contributed by atoms with Crippen LogP contribution in [0.15, 0.2) is 64.2 Å². The fourth-order valence-corrected chi connectivity index (χ4v) is 2.90. The van der Waals surface area contributed by atoms with Gasteiger partial charge in [-0.2, -0.15) is 0 Å². The zero-order valence-corrected chi connectivity index (χ0v) is 15.1. The molecule has 3 aromatic rings. The van der Waals surface area contributed by atoms with Gasteiger partial charge in [-0.1, -0.05) is 42.1 Å². The van der Waals surface area contributed by atoms with Gasteiger partial charge in [-0.3, -0.25) is 9.59 Å². The van der Waals surface area contributed by atoms with E-state index >= 15 is 0 Å². The van der Waals surface area contributed by atoms with E-state index < -0.39 is 5.25 Å². The van der Waals surface area contributed by atoms with Crippen LogP contribution in [0.4, 0.5) is 5.69 Å². The van der Waals surface area contributed by atoms with Gasteiger partial charge in [0.15, 0.2) is 5.78 Å². The van der Waals surface area contributed by atoms with Gasteiger partial charge in [-0.15, -0.1) is 10.2 Å². The maximum Gasteiger partial charge on any atom is 0.277 e. The first-order valence-corrected chi connectivity index (χ1v) is 8.88. The first-order valence-electron chi connectivity index (χ1n) is 8.00. The summed E-state index contributed by atoms with van der Waals surface area (Å²) in [5.74, 6) is 0.146. The molecule has 0 spiro atoms. The number of Topliss-reactive ketones (excluding diaryl/α,β-unsaturated/α-hetero) is 1. The molecule has 0 radical (unpaired) electrons. The summed E-state index contributed by atoms with van der Waals surface area (Å²) < 4.78 is 5.61. The van der Waals surface area contributed by atoms with E-state index in [9.17, 15) is 9.59 Å². The van der Waals surface area contributed by atoms with Gasteiger partial charge in [0.05, 0.1) is 5.25 Å². The van der Waals surface area contributed by atoms with E-state index in [1.165, 1.54) is 18.7 Å². The molecule has 0 aliphatic rings. The Morgan fingerprint density at radius 1 is 1.08 bits per heavy atom. The van der Waals surface area contributed by atoms with Gasteiger partial charge in [0.25, 0.3) is 5.22 Å². The molecule has 1 unspecified atom stereocenters. The number of hydrogen-bond acceptors (Lipinski definition) is 6. The lowest BCUT2D eigenvalue weighted by Gasteiger charge is -2.10. The molecule has 1 atom stereocenters. The van der Waals surface area contributed by atoms with E-state index in [0.29, 0.717) is 22.4 Å². The molecule has 1 aromatic heterocycles. The summed E-state index contributed by atoms with van der Waals surface area (Å²) in [6.45, 7) is 3.24. The summed E-state index contributed by atoms with van der Waals surface area (Å²) in [7, 11) is 0. The van der Waals surface area contributed by atoms with E-state index in [4.69, 9.17) is 4.42 Å². The summed E-state index contributed by atoms with van der Waals surface area (Å²) in [6, 6.07) is 16.3. The van der Waals surface area contributed by atoms with E-state index in [1.54, 1.807) is 31.2 Å². The normalized spacial score (nSPS) is 11.8. The number of carbonyl (C=O) groups excluding carboxylic acids is 2. The maximum atomic E-state index is 12.4. The number of aromatic nitrogens is 2. The Morgan fingerprint density at radius 3 is 2.58 bits per heavy atom. The molecular formula is C19H17N3O3S. The highest BCUT2D eigenvalue weighted by Crippen LogP contribution is 2.26. The molecule has 1 amide bonds. The van der Waals surface area contributed by atoms with Crippen molar-refractivity contribution in [3.8, 4) is 11.5 Å². The van der Waals surface area contributed by atoms with Crippen LogP contribution in [0.2, 0.25) is 0 Å². The lowest BCUT2D eigenvalue weighted by atomic mass is 10.1. The lowest BCUT2D eigenvalue weighted by Crippen LogP contribution is -2.22. The second-order valence-corrected chi connectivity index (χ2v) is 6.92. The van der Waals surface area contributed by atoms with Crippen molar-refractivity contribution in [1.29, 1.82) is 0 Å². The number of nitrogens with one attached hydrogen (secondary N) is 1. The topological polar surface area (TPSA) is 85.1 Å². The first kappa shape index (κ1) is 17.9. The van der Waals surface area contributed by atoms with Crippen molar-refractivity contribution < 1.29 is 14.0 Å². The van der Waals surface area contributed by atoms with Gasteiger partial charge in [0.1, 0.15) is 0 Å². The number of nitrogens with zero attached hydrogens (tertiary/aromatic N) is 2. The van der Waals surface area contributed by atoms with Crippen molar-refractivity contribution in [2.75, 3.05) is 5.32 Å². The summed E-state index contributed by atoms with van der Waals surface area (Å²) in [6.07, 6.45) is 0. The van der Waals surface area contributed by atoms with Crippen molar-refractivity contribution in [2.45, 2.75) is 24.3 Å². The summed E-state index contributed by atoms with van der Waals surface area (Å²) in [4.78, 5) is 23.8. The second kappa shape index (κ2) is 7.97. The third-order valence-electron chi connectivity index (χ3n) is 3.61. The molecule has 7 heteroatoms. The quantitative estimate of drug-likeness (QED) is 0.522. The SMILES string of the molecule is CC(=O)c1cccc(NC(=O)C(C)Sc2nnc(-c3ccccc3)o2)c1. The van der Waals surface area contributed by atoms with Crippen LogP contribution in [0.5, 0.6) is 0 Å². The molecule has 2 aromatic carbocycles. The molecule has 1 N–H and O–H groups in total. The number of ketones is 1. The van der Waals surface area contributed by atoms with E-state index in [1.807, 2.05) is 30.3 Å². The van der Waals surface area contributed by atoms with Crippen LogP contribution in [-0.4, -0.2) is 27.1 Å². The van der Waals surface area contributed by atoms with Crippen molar-refractivity contribution in [2.24, 2.45) is 0 Å². The van der Waals surface area contributed by atoms with Crippen LogP contribution in [0.1, 0.15) is 24.2 Å². The Kier molecular flexibility index (Phi) is 5.48. The average molecular weight is 367 g/mol. The minimum Gasteiger partial charge on any atom is -0.411 e. The average Bonchev–Trinajstić information content (AvgIpc) is 3.11. The Morgan fingerprint density at radius 2 is 1.85 bits per heavy atom. The minimum absolute atomic E-state index is 0.0529. The molecular weight excluding hydrogens is 350 g/mol. The third-order valence-corrected chi connectivity index (χ3v) is 4.54. The molecule has 0 bridgehead atoms. The van der Waals surface area contributed by atoms with Gasteiger partial charge in [-0.25, -0.2) is 0 Å². The van der Waals surface area contributed by atoms with E-state index in [-0.39, 0.29) is 11.7 Å². The Hall–Kier alpha value is -2.93. The molecule has 0 saturated heterocycles. The predicted octanol–water partition coefficient (Wildman–Crippen LogP) is 4.06. The van der Waals surface area contributed by atoms with Gasteiger partial charge >= 0.3 is 0 Å². The largest absolute Gasteiger partial charge is 0.411 e. The molecule has 0 saturated carbocycles. The molecule has 0 fully saturated rings. The monoisotopic (exact) mass is 367 g/mol. The molecule has 0 aliphatic heterocycles. The molecule has 26 heavy (non-hydrogen) atoms. The number of thioether (sulfide) groups is 1. The lowest BCUT2D eigenvalue weighted by molar-refractivity contribution is -0.115. The van der Waals surface area contributed by atoms with Crippen molar-refractivity contribution in [3.05, 3.63) is 60.2 Å². The van der Waals surface area contributed by atoms with Gasteiger partial charge in [0.2, 0.25) is 11.8 Å². The van der Waals surface area contributed by atoms with Gasteiger partial charge in [0, 0.05) is 16.8 Å². The summed E-state index contributed by atoms with van der Waals surface area (Å²) in [5, 5.41) is 10.7. The first-order chi connectivity index (χ1) is 12.5. The maximum absolute atomic E-state index is 12.4. The fourth-order valence-electron chi connectivity index (χ4n) is 2.22. The highest BCUT2D eigenvalue weighted by atomic mass is 32.2. The summed E-state index contributed by atoms with van der Waals surface area (Å²) in [5.41, 5.74) is 1.95. The Labute approximate surface area is 155 Å². The number of hydrogen-bond donors (Lipinski definition) is 1. The Balaban J connectivity index is 1.64. The standard InChI is InChI=1S/C19H17N3O3S/c1-12(23)15-9-6-10-16(11-15)20-17(24)13(2)26-19-22-21-18(25-19)14-7-4-3-5-8-14/h3-11,13H,1-2H3,(H,20,24). The van der Waals surface area contributed by atoms with Crippen LogP contribution in [0.25, 0.3) is 11.5 Å². The van der Waals surface area contributed by atoms with Crippen LogP contribution >= 0.6 is 11.8 Å². The smallest absolute Gasteiger partial charge is 0.277 e. The van der Waals surface area contributed by atoms with Crippen LogP contribution in [0, 0.1) is 0 Å². The van der Waals surface area contributed by atoms with Gasteiger partial charge < -0.3 is 9.73 Å². The molecule has 0 aliphatic carbocycles. The second-order valence-electron chi connectivity index (χ2n) is 5.63. The number of benzene rings is 2. The van der Waals surface area contributed by atoms with E-state index in [0.717, 1.165) is 5.56 Å². The highest BCUT2D eigenvalue weighted by molar-refractivity contribution is 8.00. The predicted molar refractivity (Wildman–Crippen MR) is 100 cm³/mol. The highest BCUT2D eigenvalue weighted by Gasteiger charge is 2.19. The van der Waals surface area contributed by atoms with Crippen LogP contribution < -0.4 is 5.32 Å². The zero-order valence-electron chi connectivity index (χ0n) is 14.3. The van der Waals surface area contributed by atoms with Gasteiger partial charge in [-0.05, 0) is 38.1 Å². The molecule has 1 heterocycles. The number of carbonyl (C=O) groups is 2. The van der Waals surface area contributed by atoms with Crippen LogP contribution in [0.3, 0.4) is 0 Å². The van der Waals surface area contributed by atoms with Crippen LogP contribution in [-0.2, 0) is 4.79 Å². The zero-order chi connectivity index (χ0) is 18.5.